The summed E-state index contributed by atoms with van der Waals surface area (Å²) in [6.45, 7) is 2.17. The number of aromatic nitrogens is 1. The summed E-state index contributed by atoms with van der Waals surface area (Å²) in [4.78, 5) is 6.80. The van der Waals surface area contributed by atoms with Gasteiger partial charge in [0.1, 0.15) is 5.67 Å². The van der Waals surface area contributed by atoms with Crippen molar-refractivity contribution in [3.8, 4) is 11.3 Å². The number of hydrogen-bond acceptors (Lipinski definition) is 3. The molecular weight excluding hydrogens is 349 g/mol. The largest absolute Gasteiger partial charge is 0.310 e. The lowest BCUT2D eigenvalue weighted by atomic mass is 9.93. The highest BCUT2D eigenvalue weighted by Gasteiger charge is 2.41. The lowest BCUT2D eigenvalue weighted by Crippen LogP contribution is -2.46. The topological polar surface area (TPSA) is 28.2 Å². The minimum atomic E-state index is -1.05. The normalized spacial score (nSPS) is 25.2. The number of piperidine rings is 1. The van der Waals surface area contributed by atoms with Crippen LogP contribution >= 0.6 is 11.6 Å². The zero-order chi connectivity index (χ0) is 18.1. The Labute approximate surface area is 159 Å². The van der Waals surface area contributed by atoms with Crippen molar-refractivity contribution < 1.29 is 4.39 Å². The van der Waals surface area contributed by atoms with Crippen molar-refractivity contribution in [3.05, 3.63) is 53.2 Å². The van der Waals surface area contributed by atoms with Gasteiger partial charge in [0.05, 0.1) is 5.69 Å². The van der Waals surface area contributed by atoms with E-state index in [2.05, 4.69) is 34.4 Å². The highest BCUT2D eigenvalue weighted by atomic mass is 35.5. The number of hydrogen-bond donors (Lipinski definition) is 1. The van der Waals surface area contributed by atoms with Gasteiger partial charge in [0, 0.05) is 48.4 Å². The first-order valence-corrected chi connectivity index (χ1v) is 9.73. The van der Waals surface area contributed by atoms with E-state index >= 15 is 0 Å². The summed E-state index contributed by atoms with van der Waals surface area (Å²) >= 11 is 5.94. The van der Waals surface area contributed by atoms with E-state index in [0.29, 0.717) is 31.3 Å². The second-order valence-electron chi connectivity index (χ2n) is 7.77. The Morgan fingerprint density at radius 1 is 1.19 bits per heavy atom. The van der Waals surface area contributed by atoms with Crippen LogP contribution in [0.15, 0.2) is 42.6 Å². The van der Waals surface area contributed by atoms with Crippen LogP contribution in [0.1, 0.15) is 30.7 Å². The summed E-state index contributed by atoms with van der Waals surface area (Å²) in [5.74, 6) is 0.455. The molecule has 26 heavy (non-hydrogen) atoms. The maximum absolute atomic E-state index is 14.8. The molecule has 2 fully saturated rings. The third kappa shape index (κ3) is 4.08. The van der Waals surface area contributed by atoms with Crippen molar-refractivity contribution in [1.29, 1.82) is 0 Å². The molecule has 0 amide bonds. The van der Waals surface area contributed by atoms with E-state index in [0.717, 1.165) is 35.8 Å². The minimum absolute atomic E-state index is 0.380. The molecule has 1 aromatic heterocycles. The van der Waals surface area contributed by atoms with Gasteiger partial charge in [0.2, 0.25) is 0 Å². The molecule has 0 spiro atoms. The molecule has 2 aliphatic rings. The van der Waals surface area contributed by atoms with Gasteiger partial charge in [-0.05, 0) is 50.1 Å². The molecule has 2 heterocycles. The van der Waals surface area contributed by atoms with Gasteiger partial charge >= 0.3 is 0 Å². The molecule has 4 rings (SSSR count). The van der Waals surface area contributed by atoms with E-state index in [1.807, 2.05) is 30.5 Å². The average molecular weight is 374 g/mol. The summed E-state index contributed by atoms with van der Waals surface area (Å²) in [7, 11) is 2.06. The molecule has 138 valence electrons. The third-order valence-electron chi connectivity index (χ3n) is 5.71. The molecule has 0 radical (unpaired) electrons. The van der Waals surface area contributed by atoms with Crippen LogP contribution in [-0.2, 0) is 0 Å². The molecule has 2 unspecified atom stereocenters. The van der Waals surface area contributed by atoms with Crippen molar-refractivity contribution in [2.24, 2.45) is 0 Å². The summed E-state index contributed by atoms with van der Waals surface area (Å²) in [6, 6.07) is 12.3. The maximum atomic E-state index is 14.8. The van der Waals surface area contributed by atoms with Crippen LogP contribution in [0.5, 0.6) is 0 Å². The van der Waals surface area contributed by atoms with Crippen molar-refractivity contribution in [2.45, 2.75) is 36.9 Å². The second kappa shape index (κ2) is 7.26. The van der Waals surface area contributed by atoms with Crippen LogP contribution in [0.4, 0.5) is 4.39 Å². The van der Waals surface area contributed by atoms with Gasteiger partial charge in [-0.25, -0.2) is 4.39 Å². The van der Waals surface area contributed by atoms with Crippen molar-refractivity contribution in [3.63, 3.8) is 0 Å². The molecule has 0 bridgehead atoms. The lowest BCUT2D eigenvalue weighted by molar-refractivity contribution is 0.0685. The predicted molar refractivity (Wildman–Crippen MR) is 104 cm³/mol. The van der Waals surface area contributed by atoms with Crippen LogP contribution in [0.2, 0.25) is 5.02 Å². The fraction of sp³-hybridized carbons (Fsp3) is 0.476. The monoisotopic (exact) mass is 373 g/mol. The first kappa shape index (κ1) is 17.9. The highest BCUT2D eigenvalue weighted by Crippen LogP contribution is 2.41. The van der Waals surface area contributed by atoms with Gasteiger partial charge in [-0.2, -0.15) is 0 Å². The number of alkyl halides is 1. The Hall–Kier alpha value is -1.49. The number of rotatable bonds is 5. The van der Waals surface area contributed by atoms with E-state index in [-0.39, 0.29) is 0 Å². The van der Waals surface area contributed by atoms with Crippen LogP contribution in [0, 0.1) is 0 Å². The van der Waals surface area contributed by atoms with E-state index in [9.17, 15) is 4.39 Å². The Kier molecular flexibility index (Phi) is 5.00. The number of nitrogens with one attached hydrogen (secondary N) is 1. The van der Waals surface area contributed by atoms with Gasteiger partial charge < -0.3 is 10.2 Å². The lowest BCUT2D eigenvalue weighted by Gasteiger charge is -2.34. The van der Waals surface area contributed by atoms with Gasteiger partial charge in [0.15, 0.2) is 0 Å². The molecule has 2 aromatic rings. The summed E-state index contributed by atoms with van der Waals surface area (Å²) < 4.78 is 14.8. The van der Waals surface area contributed by atoms with Crippen molar-refractivity contribution in [2.75, 3.05) is 26.7 Å². The summed E-state index contributed by atoms with van der Waals surface area (Å²) in [5, 5.41) is 4.18. The quantitative estimate of drug-likeness (QED) is 0.847. The molecule has 1 saturated carbocycles. The molecule has 5 heteroatoms. The Morgan fingerprint density at radius 2 is 1.92 bits per heavy atom. The number of halogens is 2. The Balaban J connectivity index is 1.31. The number of nitrogens with zero attached hydrogens (tertiary/aromatic N) is 2. The zero-order valence-corrected chi connectivity index (χ0v) is 15.8. The number of likely N-dealkylation sites (tertiary alicyclic amines) is 1. The maximum Gasteiger partial charge on any atom is 0.125 e. The standard InChI is InChI=1S/C21H25ClFN3/c1-26-10-8-21(23,9-11-26)14-25-20-12-18(20)16-4-7-19(24-13-16)15-2-5-17(22)6-3-15/h2-7,13,18,20,25H,8-12,14H2,1H3. The fourth-order valence-electron chi connectivity index (χ4n) is 3.72. The van der Waals surface area contributed by atoms with E-state index in [1.54, 1.807) is 0 Å². The first-order chi connectivity index (χ1) is 12.5. The Bertz CT molecular complexity index is 739. The van der Waals surface area contributed by atoms with Gasteiger partial charge in [-0.1, -0.05) is 29.8 Å². The number of pyridine rings is 1. The molecule has 1 N–H and O–H groups in total. The van der Waals surface area contributed by atoms with E-state index < -0.39 is 5.67 Å². The third-order valence-corrected chi connectivity index (χ3v) is 5.96. The second-order valence-corrected chi connectivity index (χ2v) is 8.20. The molecule has 1 aliphatic carbocycles. The molecule has 2 atom stereocenters. The SMILES string of the molecule is CN1CCC(F)(CNC2CC2c2ccc(-c3ccc(Cl)cc3)nc2)CC1. The molecule has 1 aliphatic heterocycles. The Morgan fingerprint density at radius 3 is 2.58 bits per heavy atom. The molecular formula is C21H25ClFN3. The summed E-state index contributed by atoms with van der Waals surface area (Å²) in [6.07, 6.45) is 4.28. The molecule has 1 aromatic carbocycles. The van der Waals surface area contributed by atoms with Crippen LogP contribution in [0.3, 0.4) is 0 Å². The fourth-order valence-corrected chi connectivity index (χ4v) is 3.84. The highest BCUT2D eigenvalue weighted by molar-refractivity contribution is 6.30. The first-order valence-electron chi connectivity index (χ1n) is 9.35. The smallest absolute Gasteiger partial charge is 0.125 e. The predicted octanol–water partition coefficient (Wildman–Crippen LogP) is 4.28. The van der Waals surface area contributed by atoms with Crippen molar-refractivity contribution in [1.82, 2.24) is 15.2 Å². The average Bonchev–Trinajstić information content (AvgIpc) is 3.44. The van der Waals surface area contributed by atoms with Crippen LogP contribution in [0.25, 0.3) is 11.3 Å². The summed E-state index contributed by atoms with van der Waals surface area (Å²) in [5.41, 5.74) is 2.20. The molecule has 3 nitrogen and oxygen atoms in total. The van der Waals surface area contributed by atoms with E-state index in [1.165, 1.54) is 5.56 Å². The van der Waals surface area contributed by atoms with Crippen LogP contribution in [-0.4, -0.2) is 48.3 Å². The van der Waals surface area contributed by atoms with Gasteiger partial charge in [0.25, 0.3) is 0 Å². The van der Waals surface area contributed by atoms with E-state index in [4.69, 9.17) is 11.6 Å². The van der Waals surface area contributed by atoms with Crippen molar-refractivity contribution >= 4 is 11.6 Å². The molecule has 1 saturated heterocycles. The van der Waals surface area contributed by atoms with Gasteiger partial charge in [-0.15, -0.1) is 0 Å². The zero-order valence-electron chi connectivity index (χ0n) is 15.1. The minimum Gasteiger partial charge on any atom is -0.310 e. The van der Waals surface area contributed by atoms with Gasteiger partial charge in [-0.3, -0.25) is 4.98 Å². The number of benzene rings is 1. The van der Waals surface area contributed by atoms with Crippen LogP contribution < -0.4 is 5.32 Å².